The SMILES string of the molecule is NC(c1ccc(Br)cc1C(F)(F)F)c1c(F)cccc1F. The molecule has 0 aliphatic carbocycles. The molecule has 21 heavy (non-hydrogen) atoms. The second-order valence-corrected chi connectivity index (χ2v) is 5.26. The van der Waals surface area contributed by atoms with Crippen molar-refractivity contribution in [2.75, 3.05) is 0 Å². The van der Waals surface area contributed by atoms with Crippen LogP contribution in [0.1, 0.15) is 22.7 Å². The molecule has 0 aliphatic rings. The summed E-state index contributed by atoms with van der Waals surface area (Å²) in [6, 6.07) is 4.72. The van der Waals surface area contributed by atoms with Crippen molar-refractivity contribution >= 4 is 15.9 Å². The number of benzene rings is 2. The van der Waals surface area contributed by atoms with Gasteiger partial charge in [-0.15, -0.1) is 0 Å². The predicted molar refractivity (Wildman–Crippen MR) is 71.5 cm³/mol. The van der Waals surface area contributed by atoms with Crippen LogP contribution in [0.25, 0.3) is 0 Å². The van der Waals surface area contributed by atoms with E-state index in [1.807, 2.05) is 0 Å². The maximum Gasteiger partial charge on any atom is 0.416 e. The van der Waals surface area contributed by atoms with Gasteiger partial charge in [0.1, 0.15) is 11.6 Å². The number of alkyl halides is 3. The third-order valence-corrected chi connectivity index (χ3v) is 3.46. The van der Waals surface area contributed by atoms with Crippen molar-refractivity contribution < 1.29 is 22.0 Å². The summed E-state index contributed by atoms with van der Waals surface area (Å²) in [6.07, 6.45) is -4.68. The van der Waals surface area contributed by atoms with Crippen molar-refractivity contribution in [3.63, 3.8) is 0 Å². The van der Waals surface area contributed by atoms with Crippen LogP contribution in [0.3, 0.4) is 0 Å². The molecular formula is C14H9BrF5N. The first-order valence-corrected chi connectivity index (χ1v) is 6.57. The average Bonchev–Trinajstić information content (AvgIpc) is 2.37. The molecule has 0 aromatic heterocycles. The number of rotatable bonds is 2. The molecule has 0 radical (unpaired) electrons. The molecule has 2 N–H and O–H groups in total. The van der Waals surface area contributed by atoms with Gasteiger partial charge in [0.15, 0.2) is 0 Å². The molecule has 1 unspecified atom stereocenters. The van der Waals surface area contributed by atoms with E-state index < -0.39 is 40.5 Å². The standard InChI is InChI=1S/C14H9BrF5N/c15-7-4-5-8(9(6-7)14(18,19)20)13(21)12-10(16)2-1-3-11(12)17/h1-6,13H,21H2. The minimum Gasteiger partial charge on any atom is -0.320 e. The van der Waals surface area contributed by atoms with Gasteiger partial charge in [0, 0.05) is 10.0 Å². The number of hydrogen-bond acceptors (Lipinski definition) is 1. The highest BCUT2D eigenvalue weighted by Crippen LogP contribution is 2.38. The smallest absolute Gasteiger partial charge is 0.320 e. The molecule has 0 fully saturated rings. The molecule has 1 atom stereocenters. The molecule has 0 spiro atoms. The van der Waals surface area contributed by atoms with Gasteiger partial charge in [-0.3, -0.25) is 0 Å². The first-order valence-electron chi connectivity index (χ1n) is 5.78. The summed E-state index contributed by atoms with van der Waals surface area (Å²) in [6.45, 7) is 0. The topological polar surface area (TPSA) is 26.0 Å². The summed E-state index contributed by atoms with van der Waals surface area (Å²) < 4.78 is 66.7. The summed E-state index contributed by atoms with van der Waals surface area (Å²) in [5, 5.41) is 0. The van der Waals surface area contributed by atoms with Crippen molar-refractivity contribution in [1.29, 1.82) is 0 Å². The Hall–Kier alpha value is -1.47. The number of halogens is 6. The normalized spacial score (nSPS) is 13.3. The minimum atomic E-state index is -4.68. The van der Waals surface area contributed by atoms with Crippen molar-refractivity contribution in [2.45, 2.75) is 12.2 Å². The van der Waals surface area contributed by atoms with E-state index in [4.69, 9.17) is 5.73 Å². The van der Waals surface area contributed by atoms with E-state index in [2.05, 4.69) is 15.9 Å². The van der Waals surface area contributed by atoms with Crippen LogP contribution in [0, 0.1) is 11.6 Å². The van der Waals surface area contributed by atoms with Crippen LogP contribution in [0.15, 0.2) is 40.9 Å². The van der Waals surface area contributed by atoms with Gasteiger partial charge in [-0.05, 0) is 29.8 Å². The fourth-order valence-corrected chi connectivity index (χ4v) is 2.37. The minimum absolute atomic E-state index is 0.194. The largest absolute Gasteiger partial charge is 0.416 e. The molecule has 0 saturated carbocycles. The number of hydrogen-bond donors (Lipinski definition) is 1. The van der Waals surface area contributed by atoms with Crippen LogP contribution < -0.4 is 5.73 Å². The zero-order valence-corrected chi connectivity index (χ0v) is 12.0. The van der Waals surface area contributed by atoms with Gasteiger partial charge in [-0.2, -0.15) is 13.2 Å². The van der Waals surface area contributed by atoms with E-state index in [-0.39, 0.29) is 4.47 Å². The Kier molecular flexibility index (Phi) is 4.34. The maximum absolute atomic E-state index is 13.7. The second kappa shape index (κ2) is 5.73. The Morgan fingerprint density at radius 2 is 1.57 bits per heavy atom. The zero-order chi connectivity index (χ0) is 15.8. The quantitative estimate of drug-likeness (QED) is 0.760. The van der Waals surface area contributed by atoms with Crippen molar-refractivity contribution in [1.82, 2.24) is 0 Å². The highest BCUT2D eigenvalue weighted by Gasteiger charge is 2.36. The molecule has 0 saturated heterocycles. The lowest BCUT2D eigenvalue weighted by molar-refractivity contribution is -0.138. The van der Waals surface area contributed by atoms with Gasteiger partial charge in [0.2, 0.25) is 0 Å². The first kappa shape index (κ1) is 15.9. The summed E-state index contributed by atoms with van der Waals surface area (Å²) in [5.41, 5.74) is 3.65. The molecule has 112 valence electrons. The summed E-state index contributed by atoms with van der Waals surface area (Å²) in [4.78, 5) is 0. The molecule has 7 heteroatoms. The van der Waals surface area contributed by atoms with Gasteiger partial charge in [-0.25, -0.2) is 8.78 Å². The molecule has 0 heterocycles. The monoisotopic (exact) mass is 365 g/mol. The van der Waals surface area contributed by atoms with Crippen molar-refractivity contribution in [3.8, 4) is 0 Å². The average molecular weight is 366 g/mol. The van der Waals surface area contributed by atoms with E-state index in [0.717, 1.165) is 30.3 Å². The van der Waals surface area contributed by atoms with Crippen LogP contribution in [-0.4, -0.2) is 0 Å². The van der Waals surface area contributed by atoms with E-state index in [0.29, 0.717) is 0 Å². The van der Waals surface area contributed by atoms with Crippen LogP contribution in [0.2, 0.25) is 0 Å². The third kappa shape index (κ3) is 3.24. The van der Waals surface area contributed by atoms with Gasteiger partial charge in [0.05, 0.1) is 11.6 Å². The van der Waals surface area contributed by atoms with Crippen LogP contribution in [0.4, 0.5) is 22.0 Å². The highest BCUT2D eigenvalue weighted by molar-refractivity contribution is 9.10. The van der Waals surface area contributed by atoms with Crippen LogP contribution in [0.5, 0.6) is 0 Å². The second-order valence-electron chi connectivity index (χ2n) is 4.34. The fourth-order valence-electron chi connectivity index (χ4n) is 2.01. The van der Waals surface area contributed by atoms with Crippen LogP contribution >= 0.6 is 15.9 Å². The Balaban J connectivity index is 2.62. The predicted octanol–water partition coefficient (Wildman–Crippen LogP) is 4.79. The van der Waals surface area contributed by atoms with Gasteiger partial charge in [0.25, 0.3) is 0 Å². The number of nitrogens with two attached hydrogens (primary N) is 1. The molecule has 2 aromatic carbocycles. The Morgan fingerprint density at radius 1 is 1.00 bits per heavy atom. The Morgan fingerprint density at radius 3 is 2.10 bits per heavy atom. The molecule has 0 amide bonds. The Labute approximate surface area is 125 Å². The summed E-state index contributed by atoms with van der Waals surface area (Å²) in [7, 11) is 0. The van der Waals surface area contributed by atoms with E-state index in [1.54, 1.807) is 0 Å². The molecule has 2 aromatic rings. The molecule has 2 rings (SSSR count). The van der Waals surface area contributed by atoms with E-state index >= 15 is 0 Å². The lowest BCUT2D eigenvalue weighted by Gasteiger charge is -2.20. The van der Waals surface area contributed by atoms with Crippen molar-refractivity contribution in [2.24, 2.45) is 5.73 Å². The summed E-state index contributed by atoms with van der Waals surface area (Å²) >= 11 is 2.93. The highest BCUT2D eigenvalue weighted by atomic mass is 79.9. The van der Waals surface area contributed by atoms with E-state index in [1.165, 1.54) is 6.07 Å². The summed E-state index contributed by atoms with van der Waals surface area (Å²) in [5.74, 6) is -1.97. The third-order valence-electron chi connectivity index (χ3n) is 2.97. The first-order chi connectivity index (χ1) is 9.71. The lowest BCUT2D eigenvalue weighted by Crippen LogP contribution is -2.20. The fraction of sp³-hybridized carbons (Fsp3) is 0.143. The zero-order valence-electron chi connectivity index (χ0n) is 10.4. The molecule has 0 aliphatic heterocycles. The van der Waals surface area contributed by atoms with Crippen molar-refractivity contribution in [3.05, 3.63) is 69.2 Å². The Bertz CT molecular complexity index is 649. The molecular weight excluding hydrogens is 357 g/mol. The lowest BCUT2D eigenvalue weighted by atomic mass is 9.94. The van der Waals surface area contributed by atoms with Gasteiger partial charge < -0.3 is 5.73 Å². The van der Waals surface area contributed by atoms with Crippen LogP contribution in [-0.2, 0) is 6.18 Å². The molecule has 1 nitrogen and oxygen atoms in total. The maximum atomic E-state index is 13.7. The molecule has 0 bridgehead atoms. The van der Waals surface area contributed by atoms with Gasteiger partial charge in [-0.1, -0.05) is 28.1 Å². The van der Waals surface area contributed by atoms with E-state index in [9.17, 15) is 22.0 Å². The van der Waals surface area contributed by atoms with Gasteiger partial charge >= 0.3 is 6.18 Å².